The van der Waals surface area contributed by atoms with E-state index < -0.39 is 20.8 Å². The Labute approximate surface area is 176 Å². The second-order valence-electron chi connectivity index (χ2n) is 6.51. The van der Waals surface area contributed by atoms with Gasteiger partial charge in [-0.1, -0.05) is 0 Å². The molecule has 0 spiro atoms. The van der Waals surface area contributed by atoms with Gasteiger partial charge < -0.3 is 17.3 Å². The van der Waals surface area contributed by atoms with Crippen LogP contribution in [0.2, 0.25) is 0 Å². The molecule has 0 aliphatic rings. The number of hydrogen-bond donors (Lipinski definition) is 0. The fourth-order valence-electron chi connectivity index (χ4n) is 3.50. The van der Waals surface area contributed by atoms with Gasteiger partial charge in [-0.15, -0.1) is 0 Å². The van der Waals surface area contributed by atoms with Crippen molar-refractivity contribution in [3.05, 3.63) is 121 Å². The molecule has 6 heteroatoms. The SMILES string of the molecule is F[B-](F)(F)F.c1ccc([As+](c2ccccc2)(c2ccccc2)c2ccccc2)cc1. The Morgan fingerprint density at radius 1 is 0.367 bits per heavy atom. The van der Waals surface area contributed by atoms with Gasteiger partial charge in [0.15, 0.2) is 0 Å². The Bertz CT molecular complexity index is 855. The first kappa shape index (κ1) is 21.9. The van der Waals surface area contributed by atoms with E-state index in [0.29, 0.717) is 0 Å². The first-order valence-corrected chi connectivity index (χ1v) is 13.2. The minimum absolute atomic E-state index is 1.45. The van der Waals surface area contributed by atoms with Crippen molar-refractivity contribution in [2.24, 2.45) is 0 Å². The van der Waals surface area contributed by atoms with Gasteiger partial charge in [0.1, 0.15) is 0 Å². The van der Waals surface area contributed by atoms with Crippen LogP contribution in [-0.4, -0.2) is 20.8 Å². The van der Waals surface area contributed by atoms with Crippen molar-refractivity contribution < 1.29 is 17.3 Å². The van der Waals surface area contributed by atoms with Crippen LogP contribution in [0.5, 0.6) is 0 Å². The van der Waals surface area contributed by atoms with Crippen LogP contribution < -0.4 is 17.4 Å². The summed E-state index contributed by atoms with van der Waals surface area (Å²) in [7, 11) is -6.00. The van der Waals surface area contributed by atoms with E-state index >= 15 is 0 Å². The molecular weight excluding hydrogens is 450 g/mol. The molecule has 0 amide bonds. The monoisotopic (exact) mass is 470 g/mol. The Morgan fingerprint density at radius 2 is 0.533 bits per heavy atom. The van der Waals surface area contributed by atoms with Crippen molar-refractivity contribution >= 4 is 38.2 Å². The van der Waals surface area contributed by atoms with Crippen LogP contribution in [0.4, 0.5) is 17.3 Å². The van der Waals surface area contributed by atoms with Crippen molar-refractivity contribution in [2.75, 3.05) is 0 Å². The zero-order valence-corrected chi connectivity index (χ0v) is 18.0. The predicted octanol–water partition coefficient (Wildman–Crippen LogP) is 4.36. The van der Waals surface area contributed by atoms with Gasteiger partial charge in [0, 0.05) is 0 Å². The second kappa shape index (κ2) is 9.82. The van der Waals surface area contributed by atoms with Gasteiger partial charge in [-0.2, -0.15) is 0 Å². The number of rotatable bonds is 4. The Balaban J connectivity index is 0.000000461. The molecule has 0 aliphatic heterocycles. The molecule has 0 atom stereocenters. The molecule has 30 heavy (non-hydrogen) atoms. The van der Waals surface area contributed by atoms with Crippen molar-refractivity contribution in [3.63, 3.8) is 0 Å². The topological polar surface area (TPSA) is 0 Å². The molecule has 4 aromatic carbocycles. The molecule has 0 radical (unpaired) electrons. The number of hydrogen-bond acceptors (Lipinski definition) is 0. The van der Waals surface area contributed by atoms with E-state index in [1.165, 1.54) is 17.4 Å². The summed E-state index contributed by atoms with van der Waals surface area (Å²) in [5.74, 6) is 0. The maximum absolute atomic E-state index is 9.75. The summed E-state index contributed by atoms with van der Waals surface area (Å²) in [5, 5.41) is 0. The van der Waals surface area contributed by atoms with Gasteiger partial charge >= 0.3 is 160 Å². The second-order valence-corrected chi connectivity index (χ2v) is 13.7. The molecule has 0 fully saturated rings. The van der Waals surface area contributed by atoms with E-state index in [-0.39, 0.29) is 0 Å². The van der Waals surface area contributed by atoms with E-state index in [0.717, 1.165) is 0 Å². The Hall–Kier alpha value is -2.78. The van der Waals surface area contributed by atoms with Crippen molar-refractivity contribution in [2.45, 2.75) is 0 Å². The van der Waals surface area contributed by atoms with Gasteiger partial charge in [0.05, 0.1) is 0 Å². The third-order valence-electron chi connectivity index (χ3n) is 4.57. The van der Waals surface area contributed by atoms with Crippen molar-refractivity contribution in [3.8, 4) is 0 Å². The molecule has 4 aromatic rings. The van der Waals surface area contributed by atoms with Gasteiger partial charge in [0.2, 0.25) is 0 Å². The fourth-order valence-corrected chi connectivity index (χ4v) is 12.5. The first-order chi connectivity index (χ1) is 14.4. The summed E-state index contributed by atoms with van der Waals surface area (Å²) in [5.41, 5.74) is 0. The first-order valence-electron chi connectivity index (χ1n) is 9.41. The van der Waals surface area contributed by atoms with Crippen molar-refractivity contribution in [1.29, 1.82) is 0 Å². The summed E-state index contributed by atoms with van der Waals surface area (Å²) >= 11 is -2.77. The van der Waals surface area contributed by atoms with Gasteiger partial charge in [-0.3, -0.25) is 0 Å². The molecule has 4 rings (SSSR count). The van der Waals surface area contributed by atoms with Crippen molar-refractivity contribution in [1.82, 2.24) is 0 Å². The van der Waals surface area contributed by atoms with Crippen LogP contribution >= 0.6 is 0 Å². The third kappa shape index (κ3) is 5.22. The Morgan fingerprint density at radius 3 is 0.700 bits per heavy atom. The normalized spacial score (nSPS) is 11.3. The van der Waals surface area contributed by atoms with Crippen LogP contribution in [-0.2, 0) is 0 Å². The van der Waals surface area contributed by atoms with E-state index in [1.807, 2.05) is 0 Å². The summed E-state index contributed by atoms with van der Waals surface area (Å²) in [6.07, 6.45) is 0. The van der Waals surface area contributed by atoms with Crippen LogP contribution in [0.3, 0.4) is 0 Å². The summed E-state index contributed by atoms with van der Waals surface area (Å²) in [4.78, 5) is 0. The standard InChI is InChI=1S/C24H20As.BF4/c1-5-13-21(14-6-1)25(22-15-7-2-8-16-22,23-17-9-3-10-18-23)24-19-11-4-12-20-24;2-1(3,4)5/h1-20H;/q+1;-1. The number of benzene rings is 4. The van der Waals surface area contributed by atoms with Crippen LogP contribution in [0, 0.1) is 0 Å². The summed E-state index contributed by atoms with van der Waals surface area (Å²) in [6.45, 7) is 0. The minimum atomic E-state index is -6.00. The molecule has 0 heterocycles. The molecule has 0 aromatic heterocycles. The zero-order valence-electron chi connectivity index (χ0n) is 16.1. The zero-order chi connectivity index (χ0) is 21.5. The maximum atomic E-state index is 9.75. The van der Waals surface area contributed by atoms with E-state index in [9.17, 15) is 17.3 Å². The van der Waals surface area contributed by atoms with E-state index in [4.69, 9.17) is 0 Å². The van der Waals surface area contributed by atoms with Crippen LogP contribution in [0.1, 0.15) is 0 Å². The van der Waals surface area contributed by atoms with E-state index in [1.54, 1.807) is 0 Å². The van der Waals surface area contributed by atoms with Gasteiger partial charge in [0.25, 0.3) is 0 Å². The quantitative estimate of drug-likeness (QED) is 0.307. The molecule has 0 saturated carbocycles. The summed E-state index contributed by atoms with van der Waals surface area (Å²) in [6, 6.07) is 44.2. The predicted molar refractivity (Wildman–Crippen MR) is 120 cm³/mol. The number of halogens is 4. The van der Waals surface area contributed by atoms with E-state index in [2.05, 4.69) is 121 Å². The third-order valence-corrected chi connectivity index (χ3v) is 13.6. The summed E-state index contributed by atoms with van der Waals surface area (Å²) < 4.78 is 44.8. The molecular formula is C24H20AsBF4. The van der Waals surface area contributed by atoms with Gasteiger partial charge in [-0.05, 0) is 0 Å². The Kier molecular flexibility index (Phi) is 7.17. The molecule has 0 saturated heterocycles. The fraction of sp³-hybridized carbons (Fsp3) is 0. The average molecular weight is 470 g/mol. The average Bonchev–Trinajstić information content (AvgIpc) is 2.76. The molecule has 0 aliphatic carbocycles. The van der Waals surface area contributed by atoms with Crippen LogP contribution in [0.15, 0.2) is 121 Å². The van der Waals surface area contributed by atoms with Gasteiger partial charge in [-0.25, -0.2) is 0 Å². The molecule has 0 nitrogen and oxygen atoms in total. The molecule has 0 unspecified atom stereocenters. The van der Waals surface area contributed by atoms with Crippen LogP contribution in [0.25, 0.3) is 0 Å². The molecule has 0 bridgehead atoms. The molecule has 152 valence electrons. The molecule has 0 N–H and O–H groups in total.